The second kappa shape index (κ2) is 6.88. The molecular formula is C10H14ClFN2O2S. The molecule has 0 unspecified atom stereocenters. The molecule has 0 atom stereocenters. The SMILES string of the molecule is O=S(=O)(NCCCCCCl)c1cncc(F)c1. The van der Waals surface area contributed by atoms with E-state index < -0.39 is 15.8 Å². The molecule has 0 bridgehead atoms. The Hall–Kier alpha value is -0.720. The number of nitrogens with one attached hydrogen (secondary N) is 1. The fourth-order valence-corrected chi connectivity index (χ4v) is 2.46. The fraction of sp³-hybridized carbons (Fsp3) is 0.500. The molecule has 0 saturated carbocycles. The van der Waals surface area contributed by atoms with Crippen LogP contribution < -0.4 is 4.72 Å². The van der Waals surface area contributed by atoms with E-state index in [1.807, 2.05) is 0 Å². The van der Waals surface area contributed by atoms with Gasteiger partial charge in [0.05, 0.1) is 6.20 Å². The highest BCUT2D eigenvalue weighted by atomic mass is 35.5. The van der Waals surface area contributed by atoms with E-state index in [-0.39, 0.29) is 4.90 Å². The van der Waals surface area contributed by atoms with Crippen LogP contribution in [0.3, 0.4) is 0 Å². The minimum absolute atomic E-state index is 0.158. The zero-order valence-electron chi connectivity index (χ0n) is 9.20. The van der Waals surface area contributed by atoms with Crippen LogP contribution in [0, 0.1) is 5.82 Å². The molecular weight excluding hydrogens is 267 g/mol. The van der Waals surface area contributed by atoms with E-state index in [1.54, 1.807) is 0 Å². The van der Waals surface area contributed by atoms with Gasteiger partial charge in [0.25, 0.3) is 0 Å². The van der Waals surface area contributed by atoms with Crippen LogP contribution in [0.25, 0.3) is 0 Å². The lowest BCUT2D eigenvalue weighted by molar-refractivity contribution is 0.571. The first-order chi connectivity index (χ1) is 8.06. The molecule has 0 spiro atoms. The molecule has 17 heavy (non-hydrogen) atoms. The van der Waals surface area contributed by atoms with E-state index in [9.17, 15) is 12.8 Å². The van der Waals surface area contributed by atoms with Crippen molar-refractivity contribution in [2.45, 2.75) is 24.2 Å². The zero-order chi connectivity index (χ0) is 12.7. The second-order valence-corrected chi connectivity index (χ2v) is 5.63. The van der Waals surface area contributed by atoms with Crippen molar-refractivity contribution in [2.24, 2.45) is 0 Å². The van der Waals surface area contributed by atoms with Crippen molar-refractivity contribution in [3.05, 3.63) is 24.3 Å². The van der Waals surface area contributed by atoms with Gasteiger partial charge in [-0.05, 0) is 18.9 Å². The lowest BCUT2D eigenvalue weighted by Crippen LogP contribution is -2.25. The number of nitrogens with zero attached hydrogens (tertiary/aromatic N) is 1. The molecule has 0 fully saturated rings. The third-order valence-electron chi connectivity index (χ3n) is 2.09. The summed E-state index contributed by atoms with van der Waals surface area (Å²) >= 11 is 5.50. The third kappa shape index (κ3) is 4.97. The summed E-state index contributed by atoms with van der Waals surface area (Å²) in [7, 11) is -3.66. The van der Waals surface area contributed by atoms with Crippen LogP contribution in [-0.4, -0.2) is 25.8 Å². The predicted octanol–water partition coefficient (Wildman–Crippen LogP) is 1.91. The average Bonchev–Trinajstić information content (AvgIpc) is 2.29. The number of pyridine rings is 1. The minimum Gasteiger partial charge on any atom is -0.260 e. The van der Waals surface area contributed by atoms with Gasteiger partial charge in [0, 0.05) is 18.6 Å². The third-order valence-corrected chi connectivity index (χ3v) is 3.79. The van der Waals surface area contributed by atoms with Crippen molar-refractivity contribution >= 4 is 21.6 Å². The van der Waals surface area contributed by atoms with Crippen LogP contribution >= 0.6 is 11.6 Å². The highest BCUT2D eigenvalue weighted by molar-refractivity contribution is 7.89. The molecule has 1 aromatic rings. The van der Waals surface area contributed by atoms with Crippen LogP contribution in [0.1, 0.15) is 19.3 Å². The van der Waals surface area contributed by atoms with Gasteiger partial charge in [-0.1, -0.05) is 6.42 Å². The molecule has 0 amide bonds. The van der Waals surface area contributed by atoms with Gasteiger partial charge in [-0.15, -0.1) is 11.6 Å². The summed E-state index contributed by atoms with van der Waals surface area (Å²) in [5.74, 6) is -0.101. The Labute approximate surface area is 105 Å². The molecule has 1 heterocycles. The van der Waals surface area contributed by atoms with Gasteiger partial charge < -0.3 is 0 Å². The number of hydrogen-bond donors (Lipinski definition) is 1. The summed E-state index contributed by atoms with van der Waals surface area (Å²) < 4.78 is 38.5. The van der Waals surface area contributed by atoms with Crippen molar-refractivity contribution in [3.63, 3.8) is 0 Å². The molecule has 1 rings (SSSR count). The molecule has 0 aromatic carbocycles. The Bertz CT molecular complexity index is 453. The number of alkyl halides is 1. The number of unbranched alkanes of at least 4 members (excludes halogenated alkanes) is 2. The van der Waals surface area contributed by atoms with Gasteiger partial charge in [0.1, 0.15) is 10.7 Å². The largest absolute Gasteiger partial charge is 0.260 e. The topological polar surface area (TPSA) is 59.1 Å². The Morgan fingerprint density at radius 2 is 2.06 bits per heavy atom. The Kier molecular flexibility index (Phi) is 5.80. The van der Waals surface area contributed by atoms with Gasteiger partial charge in [0.15, 0.2) is 0 Å². The smallest absolute Gasteiger partial charge is 0.242 e. The number of halogens is 2. The molecule has 96 valence electrons. The summed E-state index contributed by atoms with van der Waals surface area (Å²) in [5, 5.41) is 0. The number of aromatic nitrogens is 1. The van der Waals surface area contributed by atoms with E-state index >= 15 is 0 Å². The van der Waals surface area contributed by atoms with Crippen LogP contribution in [0.15, 0.2) is 23.4 Å². The molecule has 4 nitrogen and oxygen atoms in total. The molecule has 1 N–H and O–H groups in total. The predicted molar refractivity (Wildman–Crippen MR) is 64.0 cm³/mol. The summed E-state index contributed by atoms with van der Waals surface area (Å²) in [6.45, 7) is 0.315. The van der Waals surface area contributed by atoms with Crippen molar-refractivity contribution in [1.82, 2.24) is 9.71 Å². The number of sulfonamides is 1. The maximum absolute atomic E-state index is 12.8. The van der Waals surface area contributed by atoms with Crippen LogP contribution in [0.5, 0.6) is 0 Å². The van der Waals surface area contributed by atoms with Crippen LogP contribution in [-0.2, 0) is 10.0 Å². The van der Waals surface area contributed by atoms with Crippen molar-refractivity contribution in [3.8, 4) is 0 Å². The highest BCUT2D eigenvalue weighted by Crippen LogP contribution is 2.08. The molecule has 0 aliphatic rings. The summed E-state index contributed by atoms with van der Waals surface area (Å²) in [6, 6.07) is 0.939. The minimum atomic E-state index is -3.66. The van der Waals surface area contributed by atoms with Gasteiger partial charge >= 0.3 is 0 Å². The Morgan fingerprint density at radius 3 is 2.71 bits per heavy atom. The molecule has 7 heteroatoms. The van der Waals surface area contributed by atoms with Gasteiger partial charge in [0.2, 0.25) is 10.0 Å². The zero-order valence-corrected chi connectivity index (χ0v) is 10.8. The Balaban J connectivity index is 2.51. The van der Waals surface area contributed by atoms with Gasteiger partial charge in [-0.25, -0.2) is 17.5 Å². The van der Waals surface area contributed by atoms with E-state index in [2.05, 4.69) is 9.71 Å². The van der Waals surface area contributed by atoms with Gasteiger partial charge in [-0.3, -0.25) is 4.98 Å². The molecule has 1 aromatic heterocycles. The monoisotopic (exact) mass is 280 g/mol. The fourth-order valence-electron chi connectivity index (χ4n) is 1.23. The summed E-state index contributed by atoms with van der Waals surface area (Å²) in [6.07, 6.45) is 4.48. The molecule has 0 saturated heterocycles. The van der Waals surface area contributed by atoms with Crippen molar-refractivity contribution in [1.29, 1.82) is 0 Å². The quantitative estimate of drug-likeness (QED) is 0.613. The van der Waals surface area contributed by atoms with E-state index in [1.165, 1.54) is 0 Å². The maximum atomic E-state index is 12.8. The first-order valence-corrected chi connectivity index (χ1v) is 7.24. The van der Waals surface area contributed by atoms with Gasteiger partial charge in [-0.2, -0.15) is 0 Å². The molecule has 0 aliphatic carbocycles. The standard InChI is InChI=1S/C10H14ClFN2O2S/c11-4-2-1-3-5-14-17(15,16)10-6-9(12)7-13-8-10/h6-8,14H,1-5H2. The lowest BCUT2D eigenvalue weighted by atomic mass is 10.2. The maximum Gasteiger partial charge on any atom is 0.242 e. The van der Waals surface area contributed by atoms with E-state index in [0.29, 0.717) is 18.8 Å². The molecule has 0 radical (unpaired) electrons. The van der Waals surface area contributed by atoms with E-state index in [0.717, 1.165) is 31.3 Å². The molecule has 0 aliphatic heterocycles. The first-order valence-electron chi connectivity index (χ1n) is 5.22. The second-order valence-electron chi connectivity index (χ2n) is 3.49. The van der Waals surface area contributed by atoms with E-state index in [4.69, 9.17) is 11.6 Å². The van der Waals surface area contributed by atoms with Crippen LogP contribution in [0.4, 0.5) is 4.39 Å². The number of rotatable bonds is 7. The first kappa shape index (κ1) is 14.3. The Morgan fingerprint density at radius 1 is 1.29 bits per heavy atom. The highest BCUT2D eigenvalue weighted by Gasteiger charge is 2.14. The van der Waals surface area contributed by atoms with Crippen LogP contribution in [0.2, 0.25) is 0 Å². The van der Waals surface area contributed by atoms with Crippen molar-refractivity contribution in [2.75, 3.05) is 12.4 Å². The summed E-state index contributed by atoms with van der Waals surface area (Å²) in [4.78, 5) is 3.34. The number of hydrogen-bond acceptors (Lipinski definition) is 3. The van der Waals surface area contributed by atoms with Crippen molar-refractivity contribution < 1.29 is 12.8 Å². The average molecular weight is 281 g/mol. The normalized spacial score (nSPS) is 11.6. The lowest BCUT2D eigenvalue weighted by Gasteiger charge is -2.05. The summed E-state index contributed by atoms with van der Waals surface area (Å²) in [5.41, 5.74) is 0.